The van der Waals surface area contributed by atoms with Gasteiger partial charge in [0.15, 0.2) is 0 Å². The number of aliphatic carboxylic acids is 2. The average Bonchev–Trinajstić information content (AvgIpc) is 2.51. The predicted molar refractivity (Wildman–Crippen MR) is 90.1 cm³/mol. The normalized spacial score (nSPS) is 12.0. The first-order chi connectivity index (χ1) is 11.0. The molecule has 0 bridgehead atoms. The molecule has 0 amide bonds. The molecule has 24 heavy (non-hydrogen) atoms. The van der Waals surface area contributed by atoms with Crippen molar-refractivity contribution >= 4 is 11.9 Å². The molecule has 5 nitrogen and oxygen atoms in total. The van der Waals surface area contributed by atoms with Gasteiger partial charge in [0.05, 0.1) is 12.4 Å². The summed E-state index contributed by atoms with van der Waals surface area (Å²) in [5, 5.41) is 19.7. The van der Waals surface area contributed by atoms with Gasteiger partial charge < -0.3 is 15.0 Å². The third-order valence-corrected chi connectivity index (χ3v) is 4.30. The van der Waals surface area contributed by atoms with E-state index in [4.69, 9.17) is 5.11 Å². The molecule has 0 saturated carbocycles. The SMILES string of the molecule is CCCCCCCCCCCCN(CCC(=O)O)C(C)C(=O)[O-].[Na+]. The zero-order valence-corrected chi connectivity index (χ0v) is 17.9. The van der Waals surface area contributed by atoms with Gasteiger partial charge in [-0.15, -0.1) is 0 Å². The topological polar surface area (TPSA) is 80.7 Å². The number of carboxylic acid groups (broad SMARTS) is 2. The monoisotopic (exact) mass is 351 g/mol. The number of carbonyl (C=O) groups is 2. The van der Waals surface area contributed by atoms with Gasteiger partial charge in [-0.2, -0.15) is 0 Å². The Morgan fingerprint density at radius 2 is 1.38 bits per heavy atom. The minimum Gasteiger partial charge on any atom is -0.548 e. The van der Waals surface area contributed by atoms with Gasteiger partial charge in [0.1, 0.15) is 0 Å². The summed E-state index contributed by atoms with van der Waals surface area (Å²) in [6.07, 6.45) is 12.2. The van der Waals surface area contributed by atoms with Gasteiger partial charge in [0.25, 0.3) is 0 Å². The molecule has 6 heteroatoms. The fraction of sp³-hybridized carbons (Fsp3) is 0.889. The molecule has 0 radical (unpaired) electrons. The molecule has 0 fully saturated rings. The third kappa shape index (κ3) is 15.4. The summed E-state index contributed by atoms with van der Waals surface area (Å²) >= 11 is 0. The van der Waals surface area contributed by atoms with Crippen LogP contribution in [0.2, 0.25) is 0 Å². The zero-order chi connectivity index (χ0) is 17.5. The molecule has 0 aliphatic heterocycles. The molecule has 0 saturated heterocycles. The molecule has 0 aliphatic carbocycles. The van der Waals surface area contributed by atoms with Crippen LogP contribution < -0.4 is 34.7 Å². The maximum atomic E-state index is 11.0. The summed E-state index contributed by atoms with van der Waals surface area (Å²) in [5.74, 6) is -2.04. The first kappa shape index (κ1) is 26.1. The van der Waals surface area contributed by atoms with Crippen molar-refractivity contribution in [1.82, 2.24) is 4.90 Å². The van der Waals surface area contributed by atoms with E-state index in [9.17, 15) is 14.7 Å². The van der Waals surface area contributed by atoms with Crippen molar-refractivity contribution < 1.29 is 49.4 Å². The van der Waals surface area contributed by atoms with Crippen LogP contribution in [0, 0.1) is 0 Å². The molecule has 0 aromatic rings. The number of nitrogens with zero attached hydrogens (tertiary/aromatic N) is 1. The smallest absolute Gasteiger partial charge is 0.548 e. The van der Waals surface area contributed by atoms with Crippen molar-refractivity contribution in [3.8, 4) is 0 Å². The van der Waals surface area contributed by atoms with E-state index in [-0.39, 0.29) is 42.5 Å². The first-order valence-corrected chi connectivity index (χ1v) is 9.15. The Bertz CT molecular complexity index is 326. The summed E-state index contributed by atoms with van der Waals surface area (Å²) in [5.41, 5.74) is 0. The van der Waals surface area contributed by atoms with Crippen LogP contribution in [-0.2, 0) is 9.59 Å². The van der Waals surface area contributed by atoms with Crippen molar-refractivity contribution in [3.05, 3.63) is 0 Å². The van der Waals surface area contributed by atoms with E-state index in [0.717, 1.165) is 12.8 Å². The standard InChI is InChI=1S/C18H35NO4.Na/c1-3-4-5-6-7-8-9-10-11-12-14-19(15-13-17(20)21)16(2)18(22)23;/h16H,3-15H2,1-2H3,(H,20,21)(H,22,23);/q;+1/p-1. The predicted octanol–water partition coefficient (Wildman–Crippen LogP) is -0.174. The number of hydrogen-bond acceptors (Lipinski definition) is 4. The Morgan fingerprint density at radius 1 is 0.917 bits per heavy atom. The van der Waals surface area contributed by atoms with Gasteiger partial charge in [0.2, 0.25) is 0 Å². The molecular formula is C18H34NNaO4. The van der Waals surface area contributed by atoms with Crippen LogP contribution in [0.5, 0.6) is 0 Å². The van der Waals surface area contributed by atoms with E-state index in [2.05, 4.69) is 6.92 Å². The van der Waals surface area contributed by atoms with E-state index >= 15 is 0 Å². The van der Waals surface area contributed by atoms with Gasteiger partial charge in [0, 0.05) is 12.6 Å². The van der Waals surface area contributed by atoms with E-state index in [1.807, 2.05) is 0 Å². The van der Waals surface area contributed by atoms with Crippen LogP contribution in [0.1, 0.15) is 84.5 Å². The second-order valence-corrected chi connectivity index (χ2v) is 6.36. The largest absolute Gasteiger partial charge is 1.00 e. The second kappa shape index (κ2) is 17.7. The maximum absolute atomic E-state index is 11.0. The Labute approximate surface area is 169 Å². The van der Waals surface area contributed by atoms with E-state index in [1.54, 1.807) is 11.8 Å². The van der Waals surface area contributed by atoms with Crippen molar-refractivity contribution in [2.75, 3.05) is 13.1 Å². The fourth-order valence-electron chi connectivity index (χ4n) is 2.69. The van der Waals surface area contributed by atoms with Crippen LogP contribution in [0.15, 0.2) is 0 Å². The number of carboxylic acids is 2. The maximum Gasteiger partial charge on any atom is 1.00 e. The molecule has 0 aromatic heterocycles. The molecule has 1 unspecified atom stereocenters. The Kier molecular flexibility index (Phi) is 19.3. The summed E-state index contributed by atoms with van der Waals surface area (Å²) in [7, 11) is 0. The Balaban J connectivity index is 0. The molecule has 136 valence electrons. The van der Waals surface area contributed by atoms with Crippen molar-refractivity contribution in [3.63, 3.8) is 0 Å². The molecule has 1 atom stereocenters. The average molecular weight is 351 g/mol. The zero-order valence-electron chi connectivity index (χ0n) is 15.9. The summed E-state index contributed by atoms with van der Waals surface area (Å²) in [6.45, 7) is 4.68. The molecule has 0 aromatic carbocycles. The van der Waals surface area contributed by atoms with Crippen molar-refractivity contribution in [2.45, 2.75) is 90.5 Å². The van der Waals surface area contributed by atoms with Crippen molar-refractivity contribution in [1.29, 1.82) is 0 Å². The van der Waals surface area contributed by atoms with Crippen LogP contribution in [0.25, 0.3) is 0 Å². The number of unbranched alkanes of at least 4 members (excludes halogenated alkanes) is 9. The number of carbonyl (C=O) groups excluding carboxylic acids is 1. The van der Waals surface area contributed by atoms with Gasteiger partial charge in [-0.05, 0) is 19.9 Å². The molecule has 0 heterocycles. The molecule has 0 rings (SSSR count). The minimum atomic E-state index is -1.14. The molecule has 0 spiro atoms. The van der Waals surface area contributed by atoms with Gasteiger partial charge >= 0.3 is 35.5 Å². The van der Waals surface area contributed by atoms with Crippen LogP contribution in [-0.4, -0.2) is 41.1 Å². The Morgan fingerprint density at radius 3 is 1.79 bits per heavy atom. The van der Waals surface area contributed by atoms with Crippen LogP contribution >= 0.6 is 0 Å². The minimum absolute atomic E-state index is 0. The quantitative estimate of drug-likeness (QED) is 0.308. The molecule has 0 aliphatic rings. The van der Waals surface area contributed by atoms with Crippen molar-refractivity contribution in [2.24, 2.45) is 0 Å². The summed E-state index contributed by atoms with van der Waals surface area (Å²) in [4.78, 5) is 23.3. The second-order valence-electron chi connectivity index (χ2n) is 6.36. The van der Waals surface area contributed by atoms with Gasteiger partial charge in [-0.1, -0.05) is 64.7 Å². The first-order valence-electron chi connectivity index (χ1n) is 9.15. The summed E-state index contributed by atoms with van der Waals surface area (Å²) < 4.78 is 0. The van der Waals surface area contributed by atoms with Crippen LogP contribution in [0.3, 0.4) is 0 Å². The van der Waals surface area contributed by atoms with E-state index in [1.165, 1.54) is 51.4 Å². The van der Waals surface area contributed by atoms with Gasteiger partial charge in [-0.25, -0.2) is 0 Å². The number of hydrogen-bond donors (Lipinski definition) is 1. The van der Waals surface area contributed by atoms with Gasteiger partial charge in [-0.3, -0.25) is 9.69 Å². The summed E-state index contributed by atoms with van der Waals surface area (Å²) in [6, 6.07) is -0.729. The van der Waals surface area contributed by atoms with E-state index in [0.29, 0.717) is 6.54 Å². The third-order valence-electron chi connectivity index (χ3n) is 4.30. The number of rotatable bonds is 16. The van der Waals surface area contributed by atoms with E-state index < -0.39 is 18.0 Å². The molecule has 1 N–H and O–H groups in total. The Hall–Kier alpha value is -0.100. The molecular weight excluding hydrogens is 317 g/mol. The fourth-order valence-corrected chi connectivity index (χ4v) is 2.69. The van der Waals surface area contributed by atoms with Crippen LogP contribution in [0.4, 0.5) is 0 Å².